The molecule has 1 aromatic carbocycles. The first kappa shape index (κ1) is 13.0. The number of hydrogen-bond acceptors (Lipinski definition) is 2. The number of aromatic nitrogens is 1. The Hall–Kier alpha value is -1.42. The van der Waals surface area contributed by atoms with Crippen LogP contribution in [-0.2, 0) is 6.42 Å². The third-order valence-electron chi connectivity index (χ3n) is 2.79. The SMILES string of the molecule is CCc1ccc(Nc2ncc(Br)cc2F)cc1C. The summed E-state index contributed by atoms with van der Waals surface area (Å²) < 4.78 is 14.3. The molecule has 0 amide bonds. The van der Waals surface area contributed by atoms with Gasteiger partial charge in [0.05, 0.1) is 0 Å². The smallest absolute Gasteiger partial charge is 0.166 e. The largest absolute Gasteiger partial charge is 0.338 e. The van der Waals surface area contributed by atoms with Crippen LogP contribution in [0.25, 0.3) is 0 Å². The second-order valence-electron chi connectivity index (χ2n) is 4.10. The van der Waals surface area contributed by atoms with Gasteiger partial charge in [-0.1, -0.05) is 13.0 Å². The first-order chi connectivity index (χ1) is 8.60. The zero-order valence-electron chi connectivity index (χ0n) is 10.3. The van der Waals surface area contributed by atoms with Gasteiger partial charge in [0.1, 0.15) is 0 Å². The number of nitrogens with one attached hydrogen (secondary N) is 1. The van der Waals surface area contributed by atoms with Gasteiger partial charge in [-0.25, -0.2) is 9.37 Å². The van der Waals surface area contributed by atoms with E-state index in [1.54, 1.807) is 6.20 Å². The number of aryl methyl sites for hydroxylation is 2. The molecule has 0 spiro atoms. The summed E-state index contributed by atoms with van der Waals surface area (Å²) in [5, 5.41) is 2.98. The van der Waals surface area contributed by atoms with Gasteiger partial charge < -0.3 is 5.32 Å². The first-order valence-electron chi connectivity index (χ1n) is 5.77. The minimum absolute atomic E-state index is 0.238. The van der Waals surface area contributed by atoms with Crippen molar-refractivity contribution in [1.82, 2.24) is 4.98 Å². The zero-order chi connectivity index (χ0) is 13.1. The molecule has 1 heterocycles. The lowest BCUT2D eigenvalue weighted by Gasteiger charge is -2.09. The molecule has 0 atom stereocenters. The molecule has 0 saturated carbocycles. The van der Waals surface area contributed by atoms with E-state index >= 15 is 0 Å². The van der Waals surface area contributed by atoms with Crippen LogP contribution in [0.1, 0.15) is 18.1 Å². The van der Waals surface area contributed by atoms with Crippen LogP contribution in [0.5, 0.6) is 0 Å². The average Bonchev–Trinajstić information content (AvgIpc) is 2.33. The van der Waals surface area contributed by atoms with Crippen LogP contribution in [0, 0.1) is 12.7 Å². The Bertz CT molecular complexity index is 570. The maximum atomic E-state index is 13.6. The maximum Gasteiger partial charge on any atom is 0.166 e. The van der Waals surface area contributed by atoms with Gasteiger partial charge in [0.2, 0.25) is 0 Å². The molecule has 0 bridgehead atoms. The highest BCUT2D eigenvalue weighted by Gasteiger charge is 2.05. The van der Waals surface area contributed by atoms with Crippen molar-refractivity contribution in [2.24, 2.45) is 0 Å². The van der Waals surface area contributed by atoms with E-state index in [2.05, 4.69) is 46.1 Å². The molecule has 2 nitrogen and oxygen atoms in total. The molecule has 4 heteroatoms. The number of benzene rings is 1. The van der Waals surface area contributed by atoms with Crippen molar-refractivity contribution in [2.45, 2.75) is 20.3 Å². The van der Waals surface area contributed by atoms with Crippen LogP contribution >= 0.6 is 15.9 Å². The van der Waals surface area contributed by atoms with Gasteiger partial charge in [0.25, 0.3) is 0 Å². The zero-order valence-corrected chi connectivity index (χ0v) is 11.9. The Balaban J connectivity index is 2.26. The Morgan fingerprint density at radius 3 is 2.72 bits per heavy atom. The number of rotatable bonds is 3. The van der Waals surface area contributed by atoms with E-state index in [0.717, 1.165) is 12.1 Å². The van der Waals surface area contributed by atoms with Gasteiger partial charge >= 0.3 is 0 Å². The molecule has 0 aliphatic heterocycles. The van der Waals surface area contributed by atoms with Crippen molar-refractivity contribution < 1.29 is 4.39 Å². The quantitative estimate of drug-likeness (QED) is 0.896. The second kappa shape index (κ2) is 5.48. The fourth-order valence-electron chi connectivity index (χ4n) is 1.81. The number of halogens is 2. The van der Waals surface area contributed by atoms with Gasteiger partial charge in [-0.05, 0) is 58.6 Å². The van der Waals surface area contributed by atoms with Crippen molar-refractivity contribution in [3.05, 3.63) is 51.9 Å². The summed E-state index contributed by atoms with van der Waals surface area (Å²) in [6.45, 7) is 4.17. The molecule has 0 unspecified atom stereocenters. The molecule has 2 aromatic rings. The van der Waals surface area contributed by atoms with Gasteiger partial charge in [-0.2, -0.15) is 0 Å². The standard InChI is InChI=1S/C14H14BrFN2/c1-3-10-4-5-12(6-9(10)2)18-14-13(16)7-11(15)8-17-14/h4-8H,3H2,1-2H3,(H,17,18). The van der Waals surface area contributed by atoms with Crippen LogP contribution < -0.4 is 5.32 Å². The van der Waals surface area contributed by atoms with Crippen LogP contribution in [0.15, 0.2) is 34.9 Å². The molecular weight excluding hydrogens is 295 g/mol. The lowest BCUT2D eigenvalue weighted by atomic mass is 10.1. The number of hydrogen-bond donors (Lipinski definition) is 1. The Morgan fingerprint density at radius 2 is 2.11 bits per heavy atom. The predicted molar refractivity (Wildman–Crippen MR) is 75.7 cm³/mol. The third kappa shape index (κ3) is 2.88. The van der Waals surface area contributed by atoms with Crippen LogP contribution in [0.3, 0.4) is 0 Å². The normalized spacial score (nSPS) is 10.4. The minimum atomic E-state index is -0.374. The van der Waals surface area contributed by atoms with E-state index in [9.17, 15) is 4.39 Å². The van der Waals surface area contributed by atoms with Crippen LogP contribution in [0.2, 0.25) is 0 Å². The molecular formula is C14H14BrFN2. The lowest BCUT2D eigenvalue weighted by molar-refractivity contribution is 0.625. The summed E-state index contributed by atoms with van der Waals surface area (Å²) in [6.07, 6.45) is 2.57. The van der Waals surface area contributed by atoms with Crippen molar-refractivity contribution in [3.8, 4) is 0 Å². The Kier molecular flexibility index (Phi) is 3.97. The topological polar surface area (TPSA) is 24.9 Å². The molecule has 18 heavy (non-hydrogen) atoms. The van der Waals surface area contributed by atoms with E-state index in [4.69, 9.17) is 0 Å². The molecule has 1 N–H and O–H groups in total. The lowest BCUT2D eigenvalue weighted by Crippen LogP contribution is -1.98. The van der Waals surface area contributed by atoms with E-state index in [0.29, 0.717) is 4.47 Å². The van der Waals surface area contributed by atoms with Gasteiger partial charge in [0.15, 0.2) is 11.6 Å². The monoisotopic (exact) mass is 308 g/mol. The van der Waals surface area contributed by atoms with E-state index in [1.165, 1.54) is 17.2 Å². The first-order valence-corrected chi connectivity index (χ1v) is 6.57. The third-order valence-corrected chi connectivity index (χ3v) is 3.23. The summed E-state index contributed by atoms with van der Waals surface area (Å²) in [7, 11) is 0. The highest BCUT2D eigenvalue weighted by molar-refractivity contribution is 9.10. The van der Waals surface area contributed by atoms with Crippen molar-refractivity contribution in [1.29, 1.82) is 0 Å². The van der Waals surface area contributed by atoms with E-state index in [-0.39, 0.29) is 11.6 Å². The molecule has 0 fully saturated rings. The molecule has 0 saturated heterocycles. The fraction of sp³-hybridized carbons (Fsp3) is 0.214. The van der Waals surface area contributed by atoms with Crippen LogP contribution in [0.4, 0.5) is 15.9 Å². The fourth-order valence-corrected chi connectivity index (χ4v) is 2.12. The molecule has 94 valence electrons. The summed E-state index contributed by atoms with van der Waals surface area (Å²) in [5.74, 6) is -0.136. The average molecular weight is 309 g/mol. The number of pyridine rings is 1. The Morgan fingerprint density at radius 1 is 1.33 bits per heavy atom. The molecule has 0 radical (unpaired) electrons. The number of nitrogens with zero attached hydrogens (tertiary/aromatic N) is 1. The minimum Gasteiger partial charge on any atom is -0.338 e. The van der Waals surface area contributed by atoms with E-state index in [1.807, 2.05) is 12.1 Å². The van der Waals surface area contributed by atoms with Gasteiger partial charge in [-0.3, -0.25) is 0 Å². The summed E-state index contributed by atoms with van der Waals surface area (Å²) in [5.41, 5.74) is 3.34. The van der Waals surface area contributed by atoms with Crippen molar-refractivity contribution in [3.63, 3.8) is 0 Å². The highest BCUT2D eigenvalue weighted by atomic mass is 79.9. The highest BCUT2D eigenvalue weighted by Crippen LogP contribution is 2.22. The van der Waals surface area contributed by atoms with Crippen LogP contribution in [-0.4, -0.2) is 4.98 Å². The number of anilines is 2. The molecule has 0 aliphatic rings. The van der Waals surface area contributed by atoms with Crippen molar-refractivity contribution in [2.75, 3.05) is 5.32 Å². The Labute approximate surface area is 114 Å². The van der Waals surface area contributed by atoms with Gasteiger partial charge in [-0.15, -0.1) is 0 Å². The molecule has 0 aliphatic carbocycles. The summed E-state index contributed by atoms with van der Waals surface area (Å²) >= 11 is 3.18. The summed E-state index contributed by atoms with van der Waals surface area (Å²) in [6, 6.07) is 7.38. The van der Waals surface area contributed by atoms with Crippen molar-refractivity contribution >= 4 is 27.4 Å². The van der Waals surface area contributed by atoms with Gasteiger partial charge in [0, 0.05) is 16.4 Å². The summed E-state index contributed by atoms with van der Waals surface area (Å²) in [4.78, 5) is 4.01. The predicted octanol–water partition coefficient (Wildman–Crippen LogP) is 4.60. The molecule has 2 rings (SSSR count). The maximum absolute atomic E-state index is 13.6. The molecule has 1 aromatic heterocycles. The second-order valence-corrected chi connectivity index (χ2v) is 5.02. The van der Waals surface area contributed by atoms with E-state index < -0.39 is 0 Å².